The molecule has 0 spiro atoms. The number of ether oxygens (including phenoxy) is 1. The molecule has 4 N–H and O–H groups in total. The maximum absolute atomic E-state index is 12.3. The summed E-state index contributed by atoms with van der Waals surface area (Å²) in [5.74, 6) is 0.437. The van der Waals surface area contributed by atoms with E-state index in [0.29, 0.717) is 18.0 Å². The van der Waals surface area contributed by atoms with Gasteiger partial charge in [0.15, 0.2) is 0 Å². The highest BCUT2D eigenvalue weighted by Gasteiger charge is 2.28. The van der Waals surface area contributed by atoms with Gasteiger partial charge in [0.05, 0.1) is 12.9 Å². The molecular formula is C23H28N4O4S. The molecule has 2 unspecified atom stereocenters. The van der Waals surface area contributed by atoms with Gasteiger partial charge in [0.1, 0.15) is 11.2 Å². The summed E-state index contributed by atoms with van der Waals surface area (Å²) in [5, 5.41) is 11.7. The minimum Gasteiger partial charge on any atom is -0.497 e. The summed E-state index contributed by atoms with van der Waals surface area (Å²) in [6.07, 6.45) is 1.19. The van der Waals surface area contributed by atoms with Crippen molar-refractivity contribution in [3.63, 3.8) is 0 Å². The lowest BCUT2D eigenvalue weighted by atomic mass is 10.1. The molecule has 1 aliphatic rings. The molecule has 2 atom stereocenters. The number of hydrogen-bond acceptors (Lipinski definition) is 6. The average Bonchev–Trinajstić information content (AvgIpc) is 2.78. The smallest absolute Gasteiger partial charge is 0.234 e. The number of hydrogen-bond donors (Lipinski definition) is 4. The Hall–Kier alpha value is -3.04. The van der Waals surface area contributed by atoms with Crippen LogP contribution >= 0.6 is 11.8 Å². The molecule has 1 fully saturated rings. The third kappa shape index (κ3) is 7.90. The van der Waals surface area contributed by atoms with Gasteiger partial charge in [-0.3, -0.25) is 19.7 Å². The Morgan fingerprint density at radius 2 is 1.84 bits per heavy atom. The molecule has 170 valence electrons. The maximum Gasteiger partial charge on any atom is 0.234 e. The third-order valence-electron chi connectivity index (χ3n) is 4.88. The van der Waals surface area contributed by atoms with Gasteiger partial charge in [-0.15, -0.1) is 11.8 Å². The van der Waals surface area contributed by atoms with Gasteiger partial charge in [-0.25, -0.2) is 0 Å². The molecular weight excluding hydrogens is 428 g/mol. The van der Waals surface area contributed by atoms with Crippen LogP contribution in [0.1, 0.15) is 18.4 Å². The summed E-state index contributed by atoms with van der Waals surface area (Å²) in [7, 11) is 1.58. The summed E-state index contributed by atoms with van der Waals surface area (Å²) >= 11 is 1.27. The Labute approximate surface area is 191 Å². The van der Waals surface area contributed by atoms with Crippen molar-refractivity contribution in [3.8, 4) is 5.75 Å². The Balaban J connectivity index is 1.38. The molecule has 8 nitrogen and oxygen atoms in total. The van der Waals surface area contributed by atoms with Crippen LogP contribution in [0.25, 0.3) is 0 Å². The van der Waals surface area contributed by atoms with Gasteiger partial charge in [0, 0.05) is 31.1 Å². The largest absolute Gasteiger partial charge is 0.497 e. The molecule has 3 rings (SSSR count). The monoisotopic (exact) mass is 456 g/mol. The van der Waals surface area contributed by atoms with Gasteiger partial charge in [-0.05, 0) is 36.2 Å². The third-order valence-corrected chi connectivity index (χ3v) is 5.89. The van der Waals surface area contributed by atoms with E-state index in [-0.39, 0.29) is 42.4 Å². The Kier molecular flexibility index (Phi) is 8.94. The maximum atomic E-state index is 12.3. The van der Waals surface area contributed by atoms with E-state index in [1.807, 2.05) is 30.3 Å². The average molecular weight is 457 g/mol. The molecule has 2 aromatic carbocycles. The predicted octanol–water partition coefficient (Wildman–Crippen LogP) is 1.88. The van der Waals surface area contributed by atoms with Crippen molar-refractivity contribution < 1.29 is 19.1 Å². The van der Waals surface area contributed by atoms with E-state index in [4.69, 9.17) is 4.74 Å². The van der Waals surface area contributed by atoms with Crippen molar-refractivity contribution in [2.24, 2.45) is 0 Å². The number of benzene rings is 2. The lowest BCUT2D eigenvalue weighted by molar-refractivity contribution is -0.125. The van der Waals surface area contributed by atoms with Crippen LogP contribution in [-0.4, -0.2) is 48.7 Å². The number of anilines is 1. The Bertz CT molecular complexity index is 908. The van der Waals surface area contributed by atoms with E-state index in [1.54, 1.807) is 31.4 Å². The van der Waals surface area contributed by atoms with E-state index in [9.17, 15) is 14.4 Å². The van der Waals surface area contributed by atoms with Gasteiger partial charge in [-0.1, -0.05) is 30.3 Å². The van der Waals surface area contributed by atoms with Crippen LogP contribution in [0.4, 0.5) is 5.69 Å². The van der Waals surface area contributed by atoms with Crippen LogP contribution in [0.15, 0.2) is 54.6 Å². The zero-order valence-electron chi connectivity index (χ0n) is 17.9. The molecule has 3 amide bonds. The standard InChI is InChI=1S/C23H28N4O4S/c1-31-19-9-7-17(8-10-19)25-22(30)15-32-23-26-18(14-21(29)27-23)13-20(28)24-12-11-16-5-3-2-4-6-16/h2-10,18,23,26H,11-15H2,1H3,(H,24,28)(H,25,30)(H,27,29). The number of thioether (sulfide) groups is 1. The molecule has 0 radical (unpaired) electrons. The Morgan fingerprint density at radius 3 is 2.56 bits per heavy atom. The van der Waals surface area contributed by atoms with Gasteiger partial charge < -0.3 is 20.7 Å². The first kappa shape index (κ1) is 23.6. The lowest BCUT2D eigenvalue weighted by Gasteiger charge is -2.30. The molecule has 9 heteroatoms. The first-order valence-electron chi connectivity index (χ1n) is 10.4. The highest BCUT2D eigenvalue weighted by molar-refractivity contribution is 8.00. The normalized spacial score (nSPS) is 17.8. The Morgan fingerprint density at radius 1 is 1.09 bits per heavy atom. The molecule has 32 heavy (non-hydrogen) atoms. The highest BCUT2D eigenvalue weighted by Crippen LogP contribution is 2.17. The minimum atomic E-state index is -0.431. The zero-order valence-corrected chi connectivity index (χ0v) is 18.7. The van der Waals surface area contributed by atoms with E-state index in [0.717, 1.165) is 12.0 Å². The first-order valence-corrected chi connectivity index (χ1v) is 11.5. The van der Waals surface area contributed by atoms with Crippen LogP contribution in [0, 0.1) is 0 Å². The van der Waals surface area contributed by atoms with Crippen molar-refractivity contribution >= 4 is 35.2 Å². The highest BCUT2D eigenvalue weighted by atomic mass is 32.2. The molecule has 2 aromatic rings. The second kappa shape index (κ2) is 12.1. The van der Waals surface area contributed by atoms with Gasteiger partial charge in [-0.2, -0.15) is 0 Å². The van der Waals surface area contributed by atoms with Crippen LogP contribution in [0.5, 0.6) is 5.75 Å². The van der Waals surface area contributed by atoms with Crippen molar-refractivity contribution in [2.75, 3.05) is 24.7 Å². The first-order chi connectivity index (χ1) is 15.5. The summed E-state index contributed by atoms with van der Waals surface area (Å²) < 4.78 is 5.10. The summed E-state index contributed by atoms with van der Waals surface area (Å²) in [5.41, 5.74) is 1.40. The summed E-state index contributed by atoms with van der Waals surface area (Å²) in [6, 6.07) is 16.7. The molecule has 0 aromatic heterocycles. The summed E-state index contributed by atoms with van der Waals surface area (Å²) in [4.78, 5) is 36.5. The van der Waals surface area contributed by atoms with Crippen LogP contribution in [0.2, 0.25) is 0 Å². The SMILES string of the molecule is COc1ccc(NC(=O)CSC2NC(=O)CC(CC(=O)NCCc3ccccc3)N2)cc1. The van der Waals surface area contributed by atoms with E-state index >= 15 is 0 Å². The second-order valence-corrected chi connectivity index (χ2v) is 8.49. The fraction of sp³-hybridized carbons (Fsp3) is 0.348. The molecule has 1 saturated heterocycles. The topological polar surface area (TPSA) is 109 Å². The molecule has 1 heterocycles. The van der Waals surface area contributed by atoms with Crippen molar-refractivity contribution in [3.05, 3.63) is 60.2 Å². The quantitative estimate of drug-likeness (QED) is 0.435. The van der Waals surface area contributed by atoms with Gasteiger partial charge >= 0.3 is 0 Å². The van der Waals surface area contributed by atoms with E-state index in [1.165, 1.54) is 11.8 Å². The van der Waals surface area contributed by atoms with Crippen LogP contribution < -0.4 is 26.0 Å². The van der Waals surface area contributed by atoms with Crippen molar-refractivity contribution in [1.82, 2.24) is 16.0 Å². The number of nitrogens with one attached hydrogen (secondary N) is 4. The number of rotatable bonds is 10. The molecule has 0 saturated carbocycles. The minimum absolute atomic E-state index is 0.103. The van der Waals surface area contributed by atoms with Crippen LogP contribution in [0.3, 0.4) is 0 Å². The fourth-order valence-corrected chi connectivity index (χ4v) is 4.18. The number of methoxy groups -OCH3 is 1. The van der Waals surface area contributed by atoms with E-state index in [2.05, 4.69) is 21.3 Å². The van der Waals surface area contributed by atoms with Crippen molar-refractivity contribution in [2.45, 2.75) is 30.8 Å². The zero-order chi connectivity index (χ0) is 22.8. The predicted molar refractivity (Wildman–Crippen MR) is 125 cm³/mol. The van der Waals surface area contributed by atoms with Crippen molar-refractivity contribution in [1.29, 1.82) is 0 Å². The molecule has 0 aliphatic carbocycles. The van der Waals surface area contributed by atoms with Gasteiger partial charge in [0.25, 0.3) is 0 Å². The number of carbonyl (C=O) groups excluding carboxylic acids is 3. The fourth-order valence-electron chi connectivity index (χ4n) is 3.28. The number of amides is 3. The lowest BCUT2D eigenvalue weighted by Crippen LogP contribution is -2.56. The van der Waals surface area contributed by atoms with Gasteiger partial charge in [0.2, 0.25) is 17.7 Å². The second-order valence-electron chi connectivity index (χ2n) is 7.39. The van der Waals surface area contributed by atoms with Crippen LogP contribution in [-0.2, 0) is 20.8 Å². The summed E-state index contributed by atoms with van der Waals surface area (Å²) in [6.45, 7) is 0.547. The molecule has 1 aliphatic heterocycles. The molecule has 0 bridgehead atoms. The number of carbonyl (C=O) groups is 3. The van der Waals surface area contributed by atoms with E-state index < -0.39 is 5.50 Å².